The van der Waals surface area contributed by atoms with Gasteiger partial charge in [0.05, 0.1) is 0 Å². The van der Waals surface area contributed by atoms with Crippen molar-refractivity contribution in [3.8, 4) is 0 Å². The molecule has 0 bridgehead atoms. The van der Waals surface area contributed by atoms with E-state index in [9.17, 15) is 5.11 Å². The topological polar surface area (TPSA) is 20.2 Å². The summed E-state index contributed by atoms with van der Waals surface area (Å²) in [5.41, 5.74) is 2.25. The molecule has 2 aromatic carbocycles. The Bertz CT molecular complexity index is 450. The maximum absolute atomic E-state index is 10.1. The predicted molar refractivity (Wildman–Crippen MR) is 72.8 cm³/mol. The first-order chi connectivity index (χ1) is 8.25. The molecule has 2 aromatic rings. The van der Waals surface area contributed by atoms with Crippen molar-refractivity contribution < 1.29 is 5.11 Å². The van der Waals surface area contributed by atoms with Gasteiger partial charge in [-0.25, -0.2) is 0 Å². The van der Waals surface area contributed by atoms with Crippen LogP contribution in [0.4, 0.5) is 0 Å². The quantitative estimate of drug-likeness (QED) is 0.858. The molecule has 0 fully saturated rings. The van der Waals surface area contributed by atoms with E-state index in [2.05, 4.69) is 31.2 Å². The number of aliphatic hydroxyl groups is 1. The zero-order chi connectivity index (χ0) is 12.1. The molecule has 0 aliphatic rings. The average Bonchev–Trinajstić information content (AvgIpc) is 2.38. The zero-order valence-corrected chi connectivity index (χ0v) is 11.5. The van der Waals surface area contributed by atoms with Crippen molar-refractivity contribution in [2.45, 2.75) is 18.3 Å². The summed E-state index contributed by atoms with van der Waals surface area (Å²) in [5.74, 6) is 0. The molecule has 2 rings (SSSR count). The van der Waals surface area contributed by atoms with Crippen molar-refractivity contribution in [2.75, 3.05) is 0 Å². The fraction of sp³-hybridized carbons (Fsp3) is 0.200. The Morgan fingerprint density at radius 2 is 1.65 bits per heavy atom. The molecule has 2 heteroatoms. The van der Waals surface area contributed by atoms with Crippen LogP contribution in [-0.4, -0.2) is 20.1 Å². The van der Waals surface area contributed by atoms with Crippen molar-refractivity contribution in [2.24, 2.45) is 0 Å². The minimum absolute atomic E-state index is 0.337. The van der Waals surface area contributed by atoms with Crippen LogP contribution in [0.15, 0.2) is 54.6 Å². The molecule has 88 valence electrons. The summed E-state index contributed by atoms with van der Waals surface area (Å²) in [7, 11) is 0. The van der Waals surface area contributed by atoms with Gasteiger partial charge in [-0.15, -0.1) is 0 Å². The van der Waals surface area contributed by atoms with Gasteiger partial charge in [-0.2, -0.15) is 0 Å². The number of hydrogen-bond donors (Lipinski definition) is 1. The Kier molecular flexibility index (Phi) is 4.38. The summed E-state index contributed by atoms with van der Waals surface area (Å²) in [4.78, 5) is 0. The molecular formula is C15H16OSe. The molecule has 0 aromatic heterocycles. The van der Waals surface area contributed by atoms with Crippen LogP contribution in [0, 0.1) is 6.92 Å². The second-order valence-electron chi connectivity index (χ2n) is 4.05. The number of rotatable bonds is 4. The molecule has 0 aliphatic heterocycles. The van der Waals surface area contributed by atoms with E-state index in [1.54, 1.807) is 0 Å². The van der Waals surface area contributed by atoms with Gasteiger partial charge >= 0.3 is 109 Å². The third-order valence-electron chi connectivity index (χ3n) is 2.61. The van der Waals surface area contributed by atoms with Gasteiger partial charge < -0.3 is 0 Å². The number of benzene rings is 2. The van der Waals surface area contributed by atoms with E-state index in [0.717, 1.165) is 10.9 Å². The van der Waals surface area contributed by atoms with E-state index < -0.39 is 0 Å². The van der Waals surface area contributed by atoms with Crippen molar-refractivity contribution in [3.63, 3.8) is 0 Å². The molecular weight excluding hydrogens is 275 g/mol. The monoisotopic (exact) mass is 292 g/mol. The van der Waals surface area contributed by atoms with Gasteiger partial charge in [-0.3, -0.25) is 0 Å². The molecule has 1 N–H and O–H groups in total. The second kappa shape index (κ2) is 6.02. The van der Waals surface area contributed by atoms with Gasteiger partial charge in [0.15, 0.2) is 0 Å². The molecule has 17 heavy (non-hydrogen) atoms. The summed E-state index contributed by atoms with van der Waals surface area (Å²) >= 11 is 0.339. The molecule has 0 amide bonds. The predicted octanol–water partition coefficient (Wildman–Crippen LogP) is 2.48. The zero-order valence-electron chi connectivity index (χ0n) is 9.84. The van der Waals surface area contributed by atoms with Crippen LogP contribution >= 0.6 is 0 Å². The first-order valence-corrected chi connectivity index (χ1v) is 7.75. The van der Waals surface area contributed by atoms with Gasteiger partial charge in [0.25, 0.3) is 0 Å². The molecule has 1 atom stereocenters. The van der Waals surface area contributed by atoms with E-state index in [-0.39, 0.29) is 6.10 Å². The molecule has 0 heterocycles. The summed E-state index contributed by atoms with van der Waals surface area (Å²) in [6.07, 6.45) is -0.337. The van der Waals surface area contributed by atoms with E-state index in [1.807, 2.05) is 30.3 Å². The van der Waals surface area contributed by atoms with E-state index in [0.29, 0.717) is 15.0 Å². The molecule has 0 radical (unpaired) electrons. The second-order valence-corrected chi connectivity index (χ2v) is 6.34. The Morgan fingerprint density at radius 3 is 2.29 bits per heavy atom. The van der Waals surface area contributed by atoms with Crippen LogP contribution < -0.4 is 4.46 Å². The summed E-state index contributed by atoms with van der Waals surface area (Å²) in [6.45, 7) is 2.06. The van der Waals surface area contributed by atoms with Gasteiger partial charge in [-0.1, -0.05) is 0 Å². The number of aryl methyl sites for hydroxylation is 1. The normalized spacial score (nSPS) is 12.4. The van der Waals surface area contributed by atoms with Gasteiger partial charge in [0.1, 0.15) is 0 Å². The molecule has 0 aliphatic carbocycles. The van der Waals surface area contributed by atoms with Crippen LogP contribution in [0.25, 0.3) is 0 Å². The van der Waals surface area contributed by atoms with Gasteiger partial charge in [-0.05, 0) is 0 Å². The minimum atomic E-state index is -0.337. The Balaban J connectivity index is 1.93. The van der Waals surface area contributed by atoms with E-state index >= 15 is 0 Å². The van der Waals surface area contributed by atoms with Crippen molar-refractivity contribution in [1.82, 2.24) is 0 Å². The first kappa shape index (κ1) is 12.4. The van der Waals surface area contributed by atoms with Crippen LogP contribution in [-0.2, 0) is 0 Å². The number of hydrogen-bond acceptors (Lipinski definition) is 1. The van der Waals surface area contributed by atoms with Crippen LogP contribution in [0.5, 0.6) is 0 Å². The van der Waals surface area contributed by atoms with E-state index in [1.165, 1.54) is 10.0 Å². The summed E-state index contributed by atoms with van der Waals surface area (Å²) < 4.78 is 1.34. The molecule has 0 spiro atoms. The molecule has 0 saturated heterocycles. The molecule has 0 unspecified atom stereocenters. The van der Waals surface area contributed by atoms with Crippen molar-refractivity contribution in [1.29, 1.82) is 0 Å². The van der Waals surface area contributed by atoms with Crippen LogP contribution in [0.2, 0.25) is 5.32 Å². The van der Waals surface area contributed by atoms with Gasteiger partial charge in [0.2, 0.25) is 0 Å². The Hall–Kier alpha value is -1.08. The fourth-order valence-corrected chi connectivity index (χ4v) is 3.45. The van der Waals surface area contributed by atoms with Gasteiger partial charge in [0, 0.05) is 0 Å². The molecule has 0 saturated carbocycles. The SMILES string of the molecule is Cc1ccc([C@@H](O)C[Se]c2ccccc2)cc1. The molecule has 1 nitrogen and oxygen atoms in total. The maximum atomic E-state index is 10.1. The summed E-state index contributed by atoms with van der Waals surface area (Å²) in [6, 6.07) is 18.5. The third kappa shape index (κ3) is 3.71. The van der Waals surface area contributed by atoms with E-state index in [4.69, 9.17) is 0 Å². The average molecular weight is 291 g/mol. The number of aliphatic hydroxyl groups excluding tert-OH is 1. The Morgan fingerprint density at radius 1 is 1.00 bits per heavy atom. The van der Waals surface area contributed by atoms with Crippen molar-refractivity contribution in [3.05, 3.63) is 65.7 Å². The van der Waals surface area contributed by atoms with Crippen LogP contribution in [0.3, 0.4) is 0 Å². The standard InChI is InChI=1S/C15H16OSe/c1-12-7-9-13(10-8-12)15(16)11-17-14-5-3-2-4-6-14/h2-10,15-16H,11H2,1H3/t15-/m0/s1. The summed E-state index contributed by atoms with van der Waals surface area (Å²) in [5, 5.41) is 10.9. The first-order valence-electron chi connectivity index (χ1n) is 5.68. The third-order valence-corrected chi connectivity index (χ3v) is 4.90. The van der Waals surface area contributed by atoms with Crippen molar-refractivity contribution >= 4 is 19.4 Å². The Labute approximate surface area is 109 Å². The van der Waals surface area contributed by atoms with Crippen LogP contribution in [0.1, 0.15) is 17.2 Å². The fourth-order valence-electron chi connectivity index (χ4n) is 1.58.